The summed E-state index contributed by atoms with van der Waals surface area (Å²) in [5.74, 6) is 12.2. The summed E-state index contributed by atoms with van der Waals surface area (Å²) in [5, 5.41) is 5.37. The lowest BCUT2D eigenvalue weighted by molar-refractivity contribution is 0.246. The van der Waals surface area contributed by atoms with Gasteiger partial charge in [-0.15, -0.1) is 5.10 Å². The van der Waals surface area contributed by atoms with Gasteiger partial charge in [0.2, 0.25) is 5.88 Å². The standard InChI is InChI=1S/C19H22N6O3/c1-13-5-3-8-17(25(21)19(26)22-20)16(13)12-28-18-9-10-24(23-18)14-6-4-7-15(11-14)27-2/h3-11H,12,20-21H2,1-2H3,(H,22,26). The van der Waals surface area contributed by atoms with E-state index in [1.54, 1.807) is 36.2 Å². The van der Waals surface area contributed by atoms with Gasteiger partial charge in [0.05, 0.1) is 18.5 Å². The van der Waals surface area contributed by atoms with Crippen LogP contribution in [0.4, 0.5) is 10.5 Å². The first-order chi connectivity index (χ1) is 13.5. The van der Waals surface area contributed by atoms with Gasteiger partial charge in [-0.3, -0.25) is 5.43 Å². The molecule has 0 atom stereocenters. The summed E-state index contributed by atoms with van der Waals surface area (Å²) < 4.78 is 12.8. The minimum Gasteiger partial charge on any atom is -0.497 e. The zero-order chi connectivity index (χ0) is 20.1. The molecule has 2 amide bonds. The van der Waals surface area contributed by atoms with Crippen LogP contribution in [0.5, 0.6) is 11.6 Å². The highest BCUT2D eigenvalue weighted by atomic mass is 16.5. The Balaban J connectivity index is 1.78. The fourth-order valence-corrected chi connectivity index (χ4v) is 2.71. The lowest BCUT2D eigenvalue weighted by Gasteiger charge is -2.20. The molecule has 1 heterocycles. The molecule has 0 aliphatic heterocycles. The number of aryl methyl sites for hydroxylation is 1. The number of urea groups is 1. The van der Waals surface area contributed by atoms with Gasteiger partial charge in [-0.25, -0.2) is 26.2 Å². The number of amides is 2. The molecule has 0 aliphatic rings. The van der Waals surface area contributed by atoms with Crippen LogP contribution >= 0.6 is 0 Å². The van der Waals surface area contributed by atoms with E-state index in [4.69, 9.17) is 21.2 Å². The van der Waals surface area contributed by atoms with Crippen molar-refractivity contribution in [1.29, 1.82) is 0 Å². The van der Waals surface area contributed by atoms with Crippen LogP contribution in [0.2, 0.25) is 0 Å². The number of hydrogen-bond donors (Lipinski definition) is 3. The van der Waals surface area contributed by atoms with Crippen LogP contribution < -0.4 is 31.6 Å². The molecule has 3 aromatic rings. The lowest BCUT2D eigenvalue weighted by Crippen LogP contribution is -2.48. The van der Waals surface area contributed by atoms with Gasteiger partial charge in [-0.1, -0.05) is 18.2 Å². The van der Waals surface area contributed by atoms with Gasteiger partial charge >= 0.3 is 6.03 Å². The van der Waals surface area contributed by atoms with Crippen LogP contribution in [-0.2, 0) is 6.61 Å². The summed E-state index contributed by atoms with van der Waals surface area (Å²) in [6, 6.07) is 14.1. The summed E-state index contributed by atoms with van der Waals surface area (Å²) in [6.45, 7) is 2.09. The molecule has 9 nitrogen and oxygen atoms in total. The smallest absolute Gasteiger partial charge is 0.350 e. The number of carbonyl (C=O) groups is 1. The number of methoxy groups -OCH3 is 1. The molecule has 28 heavy (non-hydrogen) atoms. The number of nitrogens with one attached hydrogen (secondary N) is 1. The highest BCUT2D eigenvalue weighted by molar-refractivity contribution is 5.91. The van der Waals surface area contributed by atoms with Crippen molar-refractivity contribution in [2.24, 2.45) is 11.7 Å². The molecule has 9 heteroatoms. The Hall–Kier alpha value is -3.56. The second-order valence-electron chi connectivity index (χ2n) is 5.98. The first kappa shape index (κ1) is 19.2. The molecule has 0 fully saturated rings. The SMILES string of the molecule is COc1cccc(-n2ccc(OCc3c(C)cccc3N(N)C(=O)NN)n2)c1. The van der Waals surface area contributed by atoms with E-state index in [1.165, 1.54) is 0 Å². The molecule has 3 rings (SSSR count). The fourth-order valence-electron chi connectivity index (χ4n) is 2.71. The maximum absolute atomic E-state index is 11.8. The third-order valence-electron chi connectivity index (χ3n) is 4.23. The Bertz CT molecular complexity index is 972. The van der Waals surface area contributed by atoms with E-state index in [-0.39, 0.29) is 6.61 Å². The molecule has 0 radical (unpaired) electrons. The largest absolute Gasteiger partial charge is 0.497 e. The van der Waals surface area contributed by atoms with Gasteiger partial charge < -0.3 is 9.47 Å². The van der Waals surface area contributed by atoms with Crippen molar-refractivity contribution in [3.8, 4) is 17.3 Å². The number of rotatable bonds is 6. The van der Waals surface area contributed by atoms with Crippen LogP contribution in [0.15, 0.2) is 54.7 Å². The highest BCUT2D eigenvalue weighted by Gasteiger charge is 2.16. The number of aromatic nitrogens is 2. The zero-order valence-corrected chi connectivity index (χ0v) is 15.6. The monoisotopic (exact) mass is 382 g/mol. The second kappa shape index (κ2) is 8.42. The minimum atomic E-state index is -0.630. The number of hydrogen-bond acceptors (Lipinski definition) is 6. The predicted octanol–water partition coefficient (Wildman–Crippen LogP) is 2.03. The first-order valence-electron chi connectivity index (χ1n) is 8.50. The third kappa shape index (κ3) is 4.05. The topological polar surface area (TPSA) is 121 Å². The Labute approximate surface area is 162 Å². The van der Waals surface area contributed by atoms with Crippen LogP contribution in [0, 0.1) is 6.92 Å². The summed E-state index contributed by atoms with van der Waals surface area (Å²) in [7, 11) is 1.61. The van der Waals surface area contributed by atoms with E-state index < -0.39 is 6.03 Å². The summed E-state index contributed by atoms with van der Waals surface area (Å²) in [6.07, 6.45) is 1.79. The van der Waals surface area contributed by atoms with Crippen molar-refractivity contribution >= 4 is 11.7 Å². The van der Waals surface area contributed by atoms with Crippen molar-refractivity contribution < 1.29 is 14.3 Å². The van der Waals surface area contributed by atoms with E-state index in [0.29, 0.717) is 11.6 Å². The molecule has 0 saturated carbocycles. The number of hydrazine groups is 2. The maximum atomic E-state index is 11.8. The van der Waals surface area contributed by atoms with E-state index >= 15 is 0 Å². The van der Waals surface area contributed by atoms with Crippen molar-refractivity contribution in [3.05, 3.63) is 65.9 Å². The number of benzene rings is 2. The molecule has 5 N–H and O–H groups in total. The van der Waals surface area contributed by atoms with Crippen LogP contribution in [0.3, 0.4) is 0 Å². The molecule has 0 spiro atoms. The number of carbonyl (C=O) groups excluding carboxylic acids is 1. The van der Waals surface area contributed by atoms with Gasteiger partial charge in [0.25, 0.3) is 0 Å². The zero-order valence-electron chi connectivity index (χ0n) is 15.6. The van der Waals surface area contributed by atoms with E-state index in [2.05, 4.69) is 5.10 Å². The van der Waals surface area contributed by atoms with Gasteiger partial charge in [-0.05, 0) is 30.7 Å². The fraction of sp³-hybridized carbons (Fsp3) is 0.158. The number of anilines is 1. The number of nitrogens with zero attached hydrogens (tertiary/aromatic N) is 3. The molecule has 0 unspecified atom stereocenters. The highest BCUT2D eigenvalue weighted by Crippen LogP contribution is 2.24. The second-order valence-corrected chi connectivity index (χ2v) is 5.98. The molecule has 0 bridgehead atoms. The van der Waals surface area contributed by atoms with Crippen molar-refractivity contribution in [2.75, 3.05) is 12.1 Å². The van der Waals surface area contributed by atoms with Crippen molar-refractivity contribution in [2.45, 2.75) is 13.5 Å². The van der Waals surface area contributed by atoms with Crippen molar-refractivity contribution in [1.82, 2.24) is 15.2 Å². The molecule has 0 saturated heterocycles. The molecule has 146 valence electrons. The Morgan fingerprint density at radius 3 is 2.79 bits per heavy atom. The molecule has 2 aromatic carbocycles. The molecular formula is C19H22N6O3. The normalized spacial score (nSPS) is 10.4. The van der Waals surface area contributed by atoms with Crippen molar-refractivity contribution in [3.63, 3.8) is 0 Å². The van der Waals surface area contributed by atoms with Crippen LogP contribution in [0.1, 0.15) is 11.1 Å². The average Bonchev–Trinajstić information content (AvgIpc) is 3.20. The van der Waals surface area contributed by atoms with E-state index in [9.17, 15) is 4.79 Å². The van der Waals surface area contributed by atoms with Gasteiger partial charge in [-0.2, -0.15) is 0 Å². The third-order valence-corrected chi connectivity index (χ3v) is 4.23. The quantitative estimate of drug-likeness (QED) is 0.341. The number of ether oxygens (including phenoxy) is 2. The van der Waals surface area contributed by atoms with E-state index in [1.807, 2.05) is 42.7 Å². The molecule has 0 aliphatic carbocycles. The summed E-state index contributed by atoms with van der Waals surface area (Å²) >= 11 is 0. The Morgan fingerprint density at radius 2 is 2.04 bits per heavy atom. The number of nitrogens with two attached hydrogens (primary N) is 2. The minimum absolute atomic E-state index is 0.183. The predicted molar refractivity (Wildman–Crippen MR) is 105 cm³/mol. The summed E-state index contributed by atoms with van der Waals surface area (Å²) in [4.78, 5) is 11.8. The molecular weight excluding hydrogens is 360 g/mol. The average molecular weight is 382 g/mol. The van der Waals surface area contributed by atoms with Gasteiger partial charge in [0.15, 0.2) is 0 Å². The van der Waals surface area contributed by atoms with E-state index in [0.717, 1.165) is 27.6 Å². The first-order valence-corrected chi connectivity index (χ1v) is 8.50. The van der Waals surface area contributed by atoms with Crippen LogP contribution in [-0.4, -0.2) is 22.9 Å². The Kier molecular flexibility index (Phi) is 5.78. The maximum Gasteiger partial charge on any atom is 0.350 e. The van der Waals surface area contributed by atoms with Gasteiger partial charge in [0.1, 0.15) is 12.4 Å². The van der Waals surface area contributed by atoms with Crippen LogP contribution in [0.25, 0.3) is 5.69 Å². The van der Waals surface area contributed by atoms with Gasteiger partial charge in [0, 0.05) is 23.9 Å². The Morgan fingerprint density at radius 1 is 1.25 bits per heavy atom. The molecule has 1 aromatic heterocycles. The lowest BCUT2D eigenvalue weighted by atomic mass is 10.1. The summed E-state index contributed by atoms with van der Waals surface area (Å²) in [5.41, 5.74) is 5.03.